The normalized spacial score (nSPS) is 10.7. The van der Waals surface area contributed by atoms with Crippen molar-refractivity contribution in [2.45, 2.75) is 27.3 Å². The van der Waals surface area contributed by atoms with Crippen molar-refractivity contribution in [1.82, 2.24) is 14.7 Å². The molecular formula is C22H23N3O3. The van der Waals surface area contributed by atoms with Gasteiger partial charge < -0.3 is 10.0 Å². The lowest BCUT2D eigenvalue weighted by atomic mass is 10.1. The van der Waals surface area contributed by atoms with Crippen LogP contribution in [0.4, 0.5) is 0 Å². The molecule has 0 bridgehead atoms. The molecule has 1 N–H and O–H groups in total. The predicted molar refractivity (Wildman–Crippen MR) is 107 cm³/mol. The van der Waals surface area contributed by atoms with Gasteiger partial charge in [0.15, 0.2) is 0 Å². The quantitative estimate of drug-likeness (QED) is 0.713. The molecule has 0 spiro atoms. The Labute approximate surface area is 164 Å². The molecule has 0 saturated heterocycles. The third-order valence-electron chi connectivity index (χ3n) is 4.66. The van der Waals surface area contributed by atoms with Gasteiger partial charge in [-0.05, 0) is 43.5 Å². The largest absolute Gasteiger partial charge is 0.480 e. The van der Waals surface area contributed by atoms with Crippen molar-refractivity contribution in [3.8, 4) is 5.69 Å². The molecule has 28 heavy (non-hydrogen) atoms. The van der Waals surface area contributed by atoms with Crippen LogP contribution in [0.25, 0.3) is 5.69 Å². The van der Waals surface area contributed by atoms with Crippen LogP contribution in [0.1, 0.15) is 32.7 Å². The maximum absolute atomic E-state index is 13.1. The summed E-state index contributed by atoms with van der Waals surface area (Å²) in [6.07, 6.45) is 1.51. The molecule has 0 aliphatic carbocycles. The SMILES string of the molecule is Cc1ccc(C)c(-n2ncc(C(=O)N(CC(=O)O)Cc3ccccc3)c2C)c1. The molecule has 2 aromatic carbocycles. The lowest BCUT2D eigenvalue weighted by Crippen LogP contribution is -2.35. The second kappa shape index (κ2) is 8.08. The molecule has 0 aliphatic heterocycles. The molecule has 0 atom stereocenters. The maximum Gasteiger partial charge on any atom is 0.323 e. The van der Waals surface area contributed by atoms with Gasteiger partial charge in [0.1, 0.15) is 6.54 Å². The molecule has 0 fully saturated rings. The first kappa shape index (κ1) is 19.4. The zero-order chi connectivity index (χ0) is 20.3. The highest BCUT2D eigenvalue weighted by Gasteiger charge is 2.23. The number of aromatic nitrogens is 2. The number of carboxylic acid groups (broad SMARTS) is 1. The van der Waals surface area contributed by atoms with Crippen molar-refractivity contribution in [2.24, 2.45) is 0 Å². The van der Waals surface area contributed by atoms with E-state index >= 15 is 0 Å². The van der Waals surface area contributed by atoms with Crippen LogP contribution in [0.2, 0.25) is 0 Å². The van der Waals surface area contributed by atoms with E-state index in [-0.39, 0.29) is 19.0 Å². The number of hydrogen-bond acceptors (Lipinski definition) is 3. The maximum atomic E-state index is 13.1. The number of benzene rings is 2. The number of aryl methyl sites for hydroxylation is 2. The highest BCUT2D eigenvalue weighted by molar-refractivity contribution is 5.96. The molecule has 1 heterocycles. The molecule has 144 valence electrons. The molecule has 0 aliphatic rings. The fraction of sp³-hybridized carbons (Fsp3) is 0.227. The fourth-order valence-electron chi connectivity index (χ4n) is 3.15. The van der Waals surface area contributed by atoms with Crippen molar-refractivity contribution < 1.29 is 14.7 Å². The number of carboxylic acids is 1. The number of rotatable bonds is 6. The van der Waals surface area contributed by atoms with E-state index in [4.69, 9.17) is 0 Å². The average molecular weight is 377 g/mol. The van der Waals surface area contributed by atoms with Crippen molar-refractivity contribution in [1.29, 1.82) is 0 Å². The van der Waals surface area contributed by atoms with E-state index < -0.39 is 5.97 Å². The Morgan fingerprint density at radius 2 is 1.79 bits per heavy atom. The van der Waals surface area contributed by atoms with E-state index in [2.05, 4.69) is 5.10 Å². The van der Waals surface area contributed by atoms with Gasteiger partial charge in [-0.1, -0.05) is 42.5 Å². The molecule has 6 heteroatoms. The third-order valence-corrected chi connectivity index (χ3v) is 4.66. The van der Waals surface area contributed by atoms with Gasteiger partial charge in [-0.15, -0.1) is 0 Å². The Morgan fingerprint density at radius 1 is 1.07 bits per heavy atom. The highest BCUT2D eigenvalue weighted by Crippen LogP contribution is 2.21. The molecular weight excluding hydrogens is 354 g/mol. The lowest BCUT2D eigenvalue weighted by molar-refractivity contribution is -0.137. The molecule has 1 amide bonds. The summed E-state index contributed by atoms with van der Waals surface area (Å²) >= 11 is 0. The number of nitrogens with zero attached hydrogens (tertiary/aromatic N) is 3. The fourth-order valence-corrected chi connectivity index (χ4v) is 3.15. The summed E-state index contributed by atoms with van der Waals surface area (Å²) < 4.78 is 1.73. The molecule has 0 saturated carbocycles. The second-order valence-corrected chi connectivity index (χ2v) is 6.89. The van der Waals surface area contributed by atoms with Gasteiger partial charge in [0.05, 0.1) is 23.1 Å². The average Bonchev–Trinajstić information content (AvgIpc) is 3.04. The summed E-state index contributed by atoms with van der Waals surface area (Å²) in [5.41, 5.74) is 5.00. The third kappa shape index (κ3) is 4.11. The molecule has 3 rings (SSSR count). The van der Waals surface area contributed by atoms with Gasteiger partial charge in [-0.2, -0.15) is 5.10 Å². The van der Waals surface area contributed by atoms with E-state index in [0.29, 0.717) is 11.3 Å². The second-order valence-electron chi connectivity index (χ2n) is 6.89. The summed E-state index contributed by atoms with van der Waals surface area (Å²) in [6.45, 7) is 5.66. The van der Waals surface area contributed by atoms with Crippen LogP contribution < -0.4 is 0 Å². The van der Waals surface area contributed by atoms with Gasteiger partial charge in [0, 0.05) is 6.54 Å². The highest BCUT2D eigenvalue weighted by atomic mass is 16.4. The Hall–Kier alpha value is -3.41. The first-order valence-electron chi connectivity index (χ1n) is 9.04. The lowest BCUT2D eigenvalue weighted by Gasteiger charge is -2.21. The van der Waals surface area contributed by atoms with Gasteiger partial charge in [0.2, 0.25) is 0 Å². The number of aliphatic carboxylic acids is 1. The molecule has 6 nitrogen and oxygen atoms in total. The standard InChI is InChI=1S/C22H23N3O3/c1-15-9-10-16(2)20(11-15)25-17(3)19(12-23-25)22(28)24(14-21(26)27)13-18-7-5-4-6-8-18/h4-12H,13-14H2,1-3H3,(H,26,27). The Kier molecular flexibility index (Phi) is 5.59. The number of hydrogen-bond donors (Lipinski definition) is 1. The van der Waals surface area contributed by atoms with Crippen LogP contribution in [-0.4, -0.2) is 38.2 Å². The number of amides is 1. The predicted octanol–water partition coefficient (Wildman–Crippen LogP) is 3.52. The van der Waals surface area contributed by atoms with E-state index in [1.54, 1.807) is 4.68 Å². The van der Waals surface area contributed by atoms with E-state index in [0.717, 1.165) is 22.4 Å². The minimum absolute atomic E-state index is 0.222. The van der Waals surface area contributed by atoms with Crippen LogP contribution in [-0.2, 0) is 11.3 Å². The van der Waals surface area contributed by atoms with Crippen LogP contribution in [0.15, 0.2) is 54.7 Å². The van der Waals surface area contributed by atoms with Crippen molar-refractivity contribution in [2.75, 3.05) is 6.54 Å². The molecule has 0 radical (unpaired) electrons. The first-order chi connectivity index (χ1) is 13.4. The van der Waals surface area contributed by atoms with Crippen molar-refractivity contribution >= 4 is 11.9 Å². The van der Waals surface area contributed by atoms with Gasteiger partial charge in [-0.25, -0.2) is 4.68 Å². The van der Waals surface area contributed by atoms with Crippen molar-refractivity contribution in [3.05, 3.63) is 82.7 Å². The topological polar surface area (TPSA) is 75.4 Å². The molecule has 0 unspecified atom stereocenters. The van der Waals surface area contributed by atoms with Crippen LogP contribution in [0, 0.1) is 20.8 Å². The summed E-state index contributed by atoms with van der Waals surface area (Å²) in [7, 11) is 0. The summed E-state index contributed by atoms with van der Waals surface area (Å²) in [6, 6.07) is 15.4. The van der Waals surface area contributed by atoms with Crippen LogP contribution in [0.3, 0.4) is 0 Å². The van der Waals surface area contributed by atoms with Gasteiger partial charge in [-0.3, -0.25) is 9.59 Å². The number of carbonyl (C=O) groups excluding carboxylic acids is 1. The molecule has 1 aromatic heterocycles. The summed E-state index contributed by atoms with van der Waals surface area (Å²) in [5, 5.41) is 13.7. The Balaban J connectivity index is 1.94. The Morgan fingerprint density at radius 3 is 2.46 bits per heavy atom. The first-order valence-corrected chi connectivity index (χ1v) is 9.04. The van der Waals surface area contributed by atoms with E-state index in [1.165, 1.54) is 11.1 Å². The minimum atomic E-state index is -1.05. The summed E-state index contributed by atoms with van der Waals surface area (Å²) in [5.74, 6) is -1.40. The smallest absolute Gasteiger partial charge is 0.323 e. The zero-order valence-corrected chi connectivity index (χ0v) is 16.2. The molecule has 3 aromatic rings. The monoisotopic (exact) mass is 377 g/mol. The van der Waals surface area contributed by atoms with Gasteiger partial charge >= 0.3 is 5.97 Å². The van der Waals surface area contributed by atoms with Crippen LogP contribution >= 0.6 is 0 Å². The van der Waals surface area contributed by atoms with Crippen LogP contribution in [0.5, 0.6) is 0 Å². The number of carbonyl (C=O) groups is 2. The van der Waals surface area contributed by atoms with E-state index in [1.807, 2.05) is 69.3 Å². The van der Waals surface area contributed by atoms with Gasteiger partial charge in [0.25, 0.3) is 5.91 Å². The minimum Gasteiger partial charge on any atom is -0.480 e. The van der Waals surface area contributed by atoms with Crippen molar-refractivity contribution in [3.63, 3.8) is 0 Å². The summed E-state index contributed by atoms with van der Waals surface area (Å²) in [4.78, 5) is 25.8. The Bertz CT molecular complexity index is 1010. The zero-order valence-electron chi connectivity index (χ0n) is 16.2. The van der Waals surface area contributed by atoms with E-state index in [9.17, 15) is 14.7 Å².